The summed E-state index contributed by atoms with van der Waals surface area (Å²) in [5, 5.41) is 10.7. The van der Waals surface area contributed by atoms with Crippen molar-refractivity contribution in [3.63, 3.8) is 0 Å². The van der Waals surface area contributed by atoms with Crippen molar-refractivity contribution in [3.05, 3.63) is 34.9 Å². The van der Waals surface area contributed by atoms with E-state index in [2.05, 4.69) is 18.7 Å². The maximum absolute atomic E-state index is 10.1. The molecule has 16 heavy (non-hydrogen) atoms. The molecule has 1 aromatic rings. The molecule has 0 heterocycles. The van der Waals surface area contributed by atoms with Crippen LogP contribution in [0.3, 0.4) is 0 Å². The monoisotopic (exact) mass is 241 g/mol. The summed E-state index contributed by atoms with van der Waals surface area (Å²) in [6.45, 7) is 4.94. The van der Waals surface area contributed by atoms with Crippen LogP contribution in [-0.2, 0) is 0 Å². The SMILES string of the molecule is CCC(C)N(C)CC(O)c1cccc(Cl)c1. The largest absolute Gasteiger partial charge is 0.387 e. The number of benzene rings is 1. The van der Waals surface area contributed by atoms with E-state index in [0.29, 0.717) is 17.6 Å². The number of hydrogen-bond acceptors (Lipinski definition) is 2. The van der Waals surface area contributed by atoms with E-state index in [-0.39, 0.29) is 0 Å². The molecule has 0 aromatic heterocycles. The first-order valence-corrected chi connectivity index (χ1v) is 6.06. The Labute approximate surface area is 103 Å². The van der Waals surface area contributed by atoms with Crippen LogP contribution in [0.15, 0.2) is 24.3 Å². The summed E-state index contributed by atoms with van der Waals surface area (Å²) < 4.78 is 0. The molecule has 90 valence electrons. The number of likely N-dealkylation sites (N-methyl/N-ethyl adjacent to an activating group) is 1. The van der Waals surface area contributed by atoms with Crippen LogP contribution in [0.2, 0.25) is 5.02 Å². The molecule has 1 N–H and O–H groups in total. The van der Waals surface area contributed by atoms with Gasteiger partial charge in [0.15, 0.2) is 0 Å². The number of hydrogen-bond donors (Lipinski definition) is 1. The molecule has 1 aromatic carbocycles. The third-order valence-corrected chi connectivity index (χ3v) is 3.27. The Morgan fingerprint density at radius 1 is 1.44 bits per heavy atom. The van der Waals surface area contributed by atoms with Gasteiger partial charge in [0, 0.05) is 17.6 Å². The number of nitrogens with zero attached hydrogens (tertiary/aromatic N) is 1. The second kappa shape index (κ2) is 6.24. The zero-order valence-electron chi connectivity index (χ0n) is 10.2. The van der Waals surface area contributed by atoms with Crippen molar-refractivity contribution in [1.29, 1.82) is 0 Å². The minimum Gasteiger partial charge on any atom is -0.387 e. The lowest BCUT2D eigenvalue weighted by molar-refractivity contribution is 0.107. The molecule has 0 fully saturated rings. The topological polar surface area (TPSA) is 23.5 Å². The minimum atomic E-state index is -0.474. The molecule has 0 spiro atoms. The minimum absolute atomic E-state index is 0.474. The molecule has 0 aliphatic rings. The Hall–Kier alpha value is -0.570. The number of aliphatic hydroxyl groups excluding tert-OH is 1. The Morgan fingerprint density at radius 3 is 2.69 bits per heavy atom. The summed E-state index contributed by atoms with van der Waals surface area (Å²) in [7, 11) is 2.03. The average Bonchev–Trinajstić information content (AvgIpc) is 2.27. The fourth-order valence-electron chi connectivity index (χ4n) is 1.58. The molecule has 2 nitrogen and oxygen atoms in total. The van der Waals surface area contributed by atoms with Crippen molar-refractivity contribution >= 4 is 11.6 Å². The number of halogens is 1. The third-order valence-electron chi connectivity index (χ3n) is 3.04. The summed E-state index contributed by atoms with van der Waals surface area (Å²) in [4.78, 5) is 2.16. The van der Waals surface area contributed by atoms with Crippen LogP contribution in [0.4, 0.5) is 0 Å². The smallest absolute Gasteiger partial charge is 0.0917 e. The molecule has 2 unspecified atom stereocenters. The van der Waals surface area contributed by atoms with Crippen LogP contribution in [0.5, 0.6) is 0 Å². The van der Waals surface area contributed by atoms with Gasteiger partial charge >= 0.3 is 0 Å². The van der Waals surface area contributed by atoms with Crippen molar-refractivity contribution in [1.82, 2.24) is 4.90 Å². The normalized spacial score (nSPS) is 15.1. The summed E-state index contributed by atoms with van der Waals surface area (Å²) in [6, 6.07) is 7.88. The van der Waals surface area contributed by atoms with Gasteiger partial charge in [-0.1, -0.05) is 30.7 Å². The van der Waals surface area contributed by atoms with E-state index < -0.39 is 6.10 Å². The van der Waals surface area contributed by atoms with E-state index in [1.165, 1.54) is 0 Å². The molecular formula is C13H20ClNO. The van der Waals surface area contributed by atoms with E-state index in [1.54, 1.807) is 0 Å². The number of rotatable bonds is 5. The van der Waals surface area contributed by atoms with E-state index in [1.807, 2.05) is 31.3 Å². The van der Waals surface area contributed by atoms with Crippen LogP contribution in [-0.4, -0.2) is 29.6 Å². The maximum Gasteiger partial charge on any atom is 0.0917 e. The molecular weight excluding hydrogens is 222 g/mol. The number of aliphatic hydroxyl groups is 1. The van der Waals surface area contributed by atoms with Gasteiger partial charge in [0.05, 0.1) is 6.10 Å². The van der Waals surface area contributed by atoms with Gasteiger partial charge in [-0.05, 0) is 38.1 Å². The van der Waals surface area contributed by atoms with E-state index in [4.69, 9.17) is 11.6 Å². The average molecular weight is 242 g/mol. The lowest BCUT2D eigenvalue weighted by atomic mass is 10.1. The Balaban J connectivity index is 2.61. The first-order chi connectivity index (χ1) is 7.54. The Kier molecular flexibility index (Phi) is 5.26. The maximum atomic E-state index is 10.1. The van der Waals surface area contributed by atoms with E-state index in [0.717, 1.165) is 12.0 Å². The first kappa shape index (κ1) is 13.5. The van der Waals surface area contributed by atoms with Gasteiger partial charge in [-0.3, -0.25) is 0 Å². The van der Waals surface area contributed by atoms with Crippen LogP contribution in [0, 0.1) is 0 Å². The van der Waals surface area contributed by atoms with Crippen molar-refractivity contribution in [2.75, 3.05) is 13.6 Å². The van der Waals surface area contributed by atoms with Crippen LogP contribution < -0.4 is 0 Å². The van der Waals surface area contributed by atoms with Gasteiger partial charge in [0.25, 0.3) is 0 Å². The fraction of sp³-hybridized carbons (Fsp3) is 0.538. The lowest BCUT2D eigenvalue weighted by Crippen LogP contribution is -2.32. The van der Waals surface area contributed by atoms with Gasteiger partial charge in [0.2, 0.25) is 0 Å². The highest BCUT2D eigenvalue weighted by molar-refractivity contribution is 6.30. The summed E-state index contributed by atoms with van der Waals surface area (Å²) in [5.74, 6) is 0. The van der Waals surface area contributed by atoms with Gasteiger partial charge in [0.1, 0.15) is 0 Å². The third kappa shape index (κ3) is 3.78. The van der Waals surface area contributed by atoms with Gasteiger partial charge in [-0.15, -0.1) is 0 Å². The Bertz CT molecular complexity index is 329. The highest BCUT2D eigenvalue weighted by Gasteiger charge is 2.14. The predicted octanol–water partition coefficient (Wildman–Crippen LogP) is 3.10. The molecule has 0 bridgehead atoms. The first-order valence-electron chi connectivity index (χ1n) is 5.68. The second-order valence-electron chi connectivity index (χ2n) is 4.27. The molecule has 3 heteroatoms. The van der Waals surface area contributed by atoms with Crippen molar-refractivity contribution < 1.29 is 5.11 Å². The molecule has 0 saturated carbocycles. The van der Waals surface area contributed by atoms with Crippen LogP contribution in [0.25, 0.3) is 0 Å². The summed E-state index contributed by atoms with van der Waals surface area (Å²) in [5.41, 5.74) is 0.877. The molecule has 2 atom stereocenters. The molecule has 0 aliphatic heterocycles. The quantitative estimate of drug-likeness (QED) is 0.856. The van der Waals surface area contributed by atoms with Crippen molar-refractivity contribution in [3.8, 4) is 0 Å². The van der Waals surface area contributed by atoms with Crippen LogP contribution >= 0.6 is 11.6 Å². The highest BCUT2D eigenvalue weighted by Crippen LogP contribution is 2.19. The standard InChI is InChI=1S/C13H20ClNO/c1-4-10(2)15(3)9-13(16)11-6-5-7-12(14)8-11/h5-8,10,13,16H,4,9H2,1-3H3. The predicted molar refractivity (Wildman–Crippen MR) is 68.8 cm³/mol. The molecule has 0 aliphatic carbocycles. The van der Waals surface area contributed by atoms with E-state index >= 15 is 0 Å². The van der Waals surface area contributed by atoms with Gasteiger partial charge < -0.3 is 10.0 Å². The fourth-order valence-corrected chi connectivity index (χ4v) is 1.78. The summed E-state index contributed by atoms with van der Waals surface area (Å²) >= 11 is 5.89. The zero-order chi connectivity index (χ0) is 12.1. The van der Waals surface area contributed by atoms with Gasteiger partial charge in [-0.2, -0.15) is 0 Å². The van der Waals surface area contributed by atoms with Gasteiger partial charge in [-0.25, -0.2) is 0 Å². The van der Waals surface area contributed by atoms with E-state index in [9.17, 15) is 5.11 Å². The molecule has 0 radical (unpaired) electrons. The molecule has 0 saturated heterocycles. The Morgan fingerprint density at radius 2 is 2.12 bits per heavy atom. The molecule has 0 amide bonds. The van der Waals surface area contributed by atoms with Crippen molar-refractivity contribution in [2.45, 2.75) is 32.4 Å². The summed E-state index contributed by atoms with van der Waals surface area (Å²) in [6.07, 6.45) is 0.608. The highest BCUT2D eigenvalue weighted by atomic mass is 35.5. The lowest BCUT2D eigenvalue weighted by Gasteiger charge is -2.26. The second-order valence-corrected chi connectivity index (χ2v) is 4.70. The zero-order valence-corrected chi connectivity index (χ0v) is 10.9. The van der Waals surface area contributed by atoms with Crippen LogP contribution in [0.1, 0.15) is 31.9 Å². The van der Waals surface area contributed by atoms with Crippen molar-refractivity contribution in [2.24, 2.45) is 0 Å². The molecule has 1 rings (SSSR count).